The molecule has 0 aliphatic rings. The lowest BCUT2D eigenvalue weighted by Crippen LogP contribution is -2.17. The van der Waals surface area contributed by atoms with Crippen molar-refractivity contribution in [2.75, 3.05) is 12.8 Å². The van der Waals surface area contributed by atoms with Crippen LogP contribution in [0.15, 0.2) is 34.1 Å². The molecular weight excluding hydrogens is 342 g/mol. The Morgan fingerprint density at radius 1 is 1.40 bits per heavy atom. The van der Waals surface area contributed by atoms with Crippen molar-refractivity contribution in [3.63, 3.8) is 0 Å². The Labute approximate surface area is 129 Å². The van der Waals surface area contributed by atoms with E-state index in [0.29, 0.717) is 12.2 Å². The smallest absolute Gasteiger partial charge is 0.269 e. The van der Waals surface area contributed by atoms with Crippen molar-refractivity contribution < 1.29 is 4.92 Å². The quantitative estimate of drug-likeness (QED) is 0.504. The van der Waals surface area contributed by atoms with Gasteiger partial charge in [0.25, 0.3) is 5.69 Å². The average Bonchev–Trinajstić information content (AvgIpc) is 2.77. The van der Waals surface area contributed by atoms with Gasteiger partial charge in [0.2, 0.25) is 0 Å². The molecule has 0 radical (unpaired) electrons. The zero-order valence-corrected chi connectivity index (χ0v) is 13.3. The van der Waals surface area contributed by atoms with Crippen LogP contribution in [0.1, 0.15) is 10.4 Å². The van der Waals surface area contributed by atoms with E-state index < -0.39 is 4.92 Å². The van der Waals surface area contributed by atoms with Crippen molar-refractivity contribution in [3.05, 3.63) is 54.7 Å². The Morgan fingerprint density at radius 3 is 2.75 bits per heavy atom. The summed E-state index contributed by atoms with van der Waals surface area (Å²) in [5.41, 5.74) is 7.31. The Bertz CT molecular complexity index is 630. The van der Waals surface area contributed by atoms with Crippen LogP contribution in [0, 0.1) is 10.1 Å². The Hall–Kier alpha value is -1.44. The van der Waals surface area contributed by atoms with Gasteiger partial charge >= 0.3 is 0 Å². The molecule has 1 heterocycles. The second-order valence-corrected chi connectivity index (χ2v) is 6.46. The van der Waals surface area contributed by atoms with E-state index in [9.17, 15) is 10.1 Å². The highest BCUT2D eigenvalue weighted by Crippen LogP contribution is 2.24. The fraction of sp³-hybridized carbons (Fsp3) is 0.231. The highest BCUT2D eigenvalue weighted by atomic mass is 79.9. The lowest BCUT2D eigenvalue weighted by Gasteiger charge is -2.16. The summed E-state index contributed by atoms with van der Waals surface area (Å²) in [5.74, 6) is 0. The van der Waals surface area contributed by atoms with E-state index in [2.05, 4.69) is 26.9 Å². The minimum Gasteiger partial charge on any atom is -0.398 e. The van der Waals surface area contributed by atoms with E-state index in [4.69, 9.17) is 5.73 Å². The molecule has 0 aliphatic heterocycles. The molecule has 0 spiro atoms. The summed E-state index contributed by atoms with van der Waals surface area (Å²) in [7, 11) is 1.96. The lowest BCUT2D eigenvalue weighted by atomic mass is 10.1. The molecule has 5 nitrogen and oxygen atoms in total. The molecule has 20 heavy (non-hydrogen) atoms. The summed E-state index contributed by atoms with van der Waals surface area (Å²) in [6.45, 7) is 1.35. The van der Waals surface area contributed by atoms with Crippen LogP contribution in [0.2, 0.25) is 0 Å². The predicted octanol–water partition coefficient (Wildman–Crippen LogP) is 3.63. The van der Waals surface area contributed by atoms with Crippen LogP contribution in [-0.2, 0) is 13.1 Å². The van der Waals surface area contributed by atoms with E-state index in [1.54, 1.807) is 17.4 Å². The molecule has 0 aliphatic carbocycles. The van der Waals surface area contributed by atoms with Crippen LogP contribution in [0.5, 0.6) is 0 Å². The fourth-order valence-corrected chi connectivity index (χ4v) is 3.42. The zero-order chi connectivity index (χ0) is 14.7. The number of benzene rings is 1. The first kappa shape index (κ1) is 15.0. The molecule has 2 N–H and O–H groups in total. The van der Waals surface area contributed by atoms with E-state index in [-0.39, 0.29) is 5.69 Å². The van der Waals surface area contributed by atoms with Gasteiger partial charge in [0, 0.05) is 45.6 Å². The number of anilines is 1. The number of non-ortho nitro benzene ring substituents is 1. The normalized spacial score (nSPS) is 10.9. The van der Waals surface area contributed by atoms with E-state index in [1.807, 2.05) is 12.4 Å². The van der Waals surface area contributed by atoms with Crippen LogP contribution < -0.4 is 5.73 Å². The molecule has 1 aromatic carbocycles. The molecule has 0 saturated carbocycles. The summed E-state index contributed by atoms with van der Waals surface area (Å²) in [4.78, 5) is 13.7. The van der Waals surface area contributed by atoms with Gasteiger partial charge in [0.1, 0.15) is 0 Å². The van der Waals surface area contributed by atoms with Gasteiger partial charge in [-0.25, -0.2) is 0 Å². The molecule has 0 atom stereocenters. The van der Waals surface area contributed by atoms with Crippen molar-refractivity contribution in [2.45, 2.75) is 13.1 Å². The second-order valence-electron chi connectivity index (χ2n) is 4.54. The molecule has 0 fully saturated rings. The molecule has 106 valence electrons. The number of halogens is 1. The van der Waals surface area contributed by atoms with Crippen LogP contribution in [-0.4, -0.2) is 16.9 Å². The van der Waals surface area contributed by atoms with Crippen LogP contribution in [0.3, 0.4) is 0 Å². The maximum Gasteiger partial charge on any atom is 0.269 e. The molecule has 0 saturated heterocycles. The summed E-state index contributed by atoms with van der Waals surface area (Å²) in [5, 5.41) is 12.8. The Morgan fingerprint density at radius 2 is 2.15 bits per heavy atom. The SMILES string of the molecule is CN(Cc1cc(Br)cs1)Cc1cc([N+](=O)[O-])ccc1N. The van der Waals surface area contributed by atoms with Gasteiger partial charge in [0.15, 0.2) is 0 Å². The van der Waals surface area contributed by atoms with Crippen LogP contribution >= 0.6 is 27.3 Å². The van der Waals surface area contributed by atoms with Crippen LogP contribution in [0.4, 0.5) is 11.4 Å². The number of nitro benzene ring substituents is 1. The number of nitrogen functional groups attached to an aromatic ring is 1. The van der Waals surface area contributed by atoms with Gasteiger partial charge < -0.3 is 5.73 Å². The monoisotopic (exact) mass is 355 g/mol. The van der Waals surface area contributed by atoms with Gasteiger partial charge in [-0.15, -0.1) is 11.3 Å². The van der Waals surface area contributed by atoms with Crippen molar-refractivity contribution >= 4 is 38.6 Å². The maximum atomic E-state index is 10.8. The molecule has 2 aromatic rings. The van der Waals surface area contributed by atoms with Gasteiger partial charge in [-0.2, -0.15) is 0 Å². The van der Waals surface area contributed by atoms with E-state index in [1.165, 1.54) is 17.0 Å². The van der Waals surface area contributed by atoms with Gasteiger partial charge in [0.05, 0.1) is 4.92 Å². The average molecular weight is 356 g/mol. The van der Waals surface area contributed by atoms with Gasteiger partial charge in [-0.1, -0.05) is 0 Å². The number of nitro groups is 1. The zero-order valence-electron chi connectivity index (χ0n) is 10.9. The number of hydrogen-bond acceptors (Lipinski definition) is 5. The molecule has 1 aromatic heterocycles. The summed E-state index contributed by atoms with van der Waals surface area (Å²) in [6, 6.07) is 6.62. The Balaban J connectivity index is 2.08. The van der Waals surface area contributed by atoms with E-state index in [0.717, 1.165) is 16.6 Å². The van der Waals surface area contributed by atoms with Gasteiger partial charge in [-0.05, 0) is 40.7 Å². The van der Waals surface area contributed by atoms with Crippen molar-refractivity contribution in [2.24, 2.45) is 0 Å². The summed E-state index contributed by atoms with van der Waals surface area (Å²) in [6.07, 6.45) is 0. The minimum absolute atomic E-state index is 0.0708. The van der Waals surface area contributed by atoms with Crippen molar-refractivity contribution in [1.29, 1.82) is 0 Å². The maximum absolute atomic E-state index is 10.8. The highest BCUT2D eigenvalue weighted by Gasteiger charge is 2.11. The molecule has 2 rings (SSSR count). The number of nitrogens with two attached hydrogens (primary N) is 1. The van der Waals surface area contributed by atoms with Crippen LogP contribution in [0.25, 0.3) is 0 Å². The highest BCUT2D eigenvalue weighted by molar-refractivity contribution is 9.10. The number of hydrogen-bond donors (Lipinski definition) is 1. The number of thiophene rings is 1. The fourth-order valence-electron chi connectivity index (χ4n) is 1.89. The largest absolute Gasteiger partial charge is 0.398 e. The Kier molecular flexibility index (Phi) is 4.74. The third-order valence-electron chi connectivity index (χ3n) is 2.83. The lowest BCUT2D eigenvalue weighted by molar-refractivity contribution is -0.384. The van der Waals surface area contributed by atoms with Gasteiger partial charge in [-0.3, -0.25) is 15.0 Å². The van der Waals surface area contributed by atoms with Crippen molar-refractivity contribution in [3.8, 4) is 0 Å². The summed E-state index contributed by atoms with van der Waals surface area (Å²) >= 11 is 5.10. The molecular formula is C13H14BrN3O2S. The topological polar surface area (TPSA) is 72.4 Å². The second kappa shape index (κ2) is 6.34. The molecule has 0 amide bonds. The van der Waals surface area contributed by atoms with Crippen molar-refractivity contribution in [1.82, 2.24) is 4.90 Å². The first-order valence-corrected chi connectivity index (χ1v) is 7.57. The predicted molar refractivity (Wildman–Crippen MR) is 84.7 cm³/mol. The molecule has 0 unspecified atom stereocenters. The third-order valence-corrected chi connectivity index (χ3v) is 4.51. The van der Waals surface area contributed by atoms with E-state index >= 15 is 0 Å². The minimum atomic E-state index is -0.403. The molecule has 7 heteroatoms. The summed E-state index contributed by atoms with van der Waals surface area (Å²) < 4.78 is 1.07. The first-order chi connectivity index (χ1) is 9.45. The number of rotatable bonds is 5. The number of nitrogens with zero attached hydrogens (tertiary/aromatic N) is 2. The standard InChI is InChI=1S/C13H14BrN3O2S/c1-16(7-12-5-10(14)8-20-12)6-9-4-11(17(18)19)2-3-13(9)15/h2-5,8H,6-7,15H2,1H3. The molecule has 0 bridgehead atoms. The first-order valence-electron chi connectivity index (χ1n) is 5.90. The third kappa shape index (κ3) is 3.78.